The fourth-order valence-corrected chi connectivity index (χ4v) is 2.41. The number of unbranched alkanes of at least 4 members (excludes halogenated alkanes) is 1. The number of rotatable bonds is 6. The van der Waals surface area contributed by atoms with Gasteiger partial charge >= 0.3 is 0 Å². The smallest absolute Gasteiger partial charge is 0.220 e. The van der Waals surface area contributed by atoms with Crippen molar-refractivity contribution in [2.24, 2.45) is 11.1 Å². The maximum atomic E-state index is 11.6. The van der Waals surface area contributed by atoms with Gasteiger partial charge in [-0.3, -0.25) is 4.79 Å². The van der Waals surface area contributed by atoms with E-state index in [1.165, 1.54) is 32.1 Å². The summed E-state index contributed by atoms with van der Waals surface area (Å²) in [6.07, 6.45) is 9.02. The van der Waals surface area contributed by atoms with Gasteiger partial charge in [-0.25, -0.2) is 0 Å². The van der Waals surface area contributed by atoms with Gasteiger partial charge in [0, 0.05) is 13.0 Å². The lowest BCUT2D eigenvalue weighted by Gasteiger charge is -2.33. The van der Waals surface area contributed by atoms with E-state index < -0.39 is 0 Å². The molecule has 3 heteroatoms. The molecule has 3 nitrogen and oxygen atoms in total. The summed E-state index contributed by atoms with van der Waals surface area (Å²) in [4.78, 5) is 11.6. The van der Waals surface area contributed by atoms with Gasteiger partial charge < -0.3 is 11.1 Å². The molecule has 0 heterocycles. The van der Waals surface area contributed by atoms with E-state index in [4.69, 9.17) is 5.73 Å². The van der Waals surface area contributed by atoms with Crippen LogP contribution in [-0.4, -0.2) is 19.0 Å². The Morgan fingerprint density at radius 1 is 1.25 bits per heavy atom. The van der Waals surface area contributed by atoms with E-state index in [1.807, 2.05) is 0 Å². The SMILES string of the molecule is CC1(CNC(=O)CCCCN)CCCCC1. The van der Waals surface area contributed by atoms with Crippen LogP contribution in [0, 0.1) is 5.41 Å². The van der Waals surface area contributed by atoms with E-state index >= 15 is 0 Å². The third-order valence-electron chi connectivity index (χ3n) is 3.63. The Hall–Kier alpha value is -0.570. The molecular weight excluding hydrogens is 200 g/mol. The van der Waals surface area contributed by atoms with Crippen molar-refractivity contribution in [1.82, 2.24) is 5.32 Å². The summed E-state index contributed by atoms with van der Waals surface area (Å²) in [6, 6.07) is 0. The number of hydrogen-bond donors (Lipinski definition) is 2. The van der Waals surface area contributed by atoms with Crippen LogP contribution in [0.1, 0.15) is 58.3 Å². The first kappa shape index (κ1) is 13.5. The molecule has 0 aromatic carbocycles. The topological polar surface area (TPSA) is 55.1 Å². The van der Waals surface area contributed by atoms with Crippen LogP contribution < -0.4 is 11.1 Å². The molecule has 0 bridgehead atoms. The molecular formula is C13H26N2O. The van der Waals surface area contributed by atoms with Crippen molar-refractivity contribution in [3.8, 4) is 0 Å². The number of nitrogens with two attached hydrogens (primary N) is 1. The van der Waals surface area contributed by atoms with Crippen molar-refractivity contribution < 1.29 is 4.79 Å². The molecule has 1 rings (SSSR count). The van der Waals surface area contributed by atoms with Gasteiger partial charge in [0.2, 0.25) is 5.91 Å². The van der Waals surface area contributed by atoms with Crippen molar-refractivity contribution in [1.29, 1.82) is 0 Å². The third-order valence-corrected chi connectivity index (χ3v) is 3.63. The highest BCUT2D eigenvalue weighted by atomic mass is 16.1. The van der Waals surface area contributed by atoms with Crippen LogP contribution in [0.3, 0.4) is 0 Å². The Balaban J connectivity index is 2.14. The fraction of sp³-hybridized carbons (Fsp3) is 0.923. The largest absolute Gasteiger partial charge is 0.356 e. The van der Waals surface area contributed by atoms with Gasteiger partial charge in [0.1, 0.15) is 0 Å². The highest BCUT2D eigenvalue weighted by molar-refractivity contribution is 5.75. The molecule has 0 spiro atoms. The Bertz CT molecular complexity index is 210. The summed E-state index contributed by atoms with van der Waals surface area (Å²) < 4.78 is 0. The predicted molar refractivity (Wildman–Crippen MR) is 67.1 cm³/mol. The Labute approximate surface area is 99.2 Å². The van der Waals surface area contributed by atoms with E-state index in [9.17, 15) is 4.79 Å². The highest BCUT2D eigenvalue weighted by Crippen LogP contribution is 2.34. The van der Waals surface area contributed by atoms with Gasteiger partial charge in [0.15, 0.2) is 0 Å². The first-order chi connectivity index (χ1) is 7.66. The maximum absolute atomic E-state index is 11.6. The maximum Gasteiger partial charge on any atom is 0.220 e. The zero-order valence-electron chi connectivity index (χ0n) is 10.6. The van der Waals surface area contributed by atoms with E-state index in [1.54, 1.807) is 0 Å². The minimum Gasteiger partial charge on any atom is -0.356 e. The second-order valence-corrected chi connectivity index (χ2v) is 5.39. The number of carbonyl (C=O) groups is 1. The summed E-state index contributed by atoms with van der Waals surface area (Å²) in [7, 11) is 0. The lowest BCUT2D eigenvalue weighted by atomic mass is 9.76. The summed E-state index contributed by atoms with van der Waals surface area (Å²) in [5, 5.41) is 3.07. The second-order valence-electron chi connectivity index (χ2n) is 5.39. The van der Waals surface area contributed by atoms with Gasteiger partial charge in [-0.2, -0.15) is 0 Å². The molecule has 0 aromatic heterocycles. The minimum absolute atomic E-state index is 0.195. The average molecular weight is 226 g/mol. The molecule has 0 aromatic rings. The van der Waals surface area contributed by atoms with Crippen LogP contribution in [0.4, 0.5) is 0 Å². The van der Waals surface area contributed by atoms with Gasteiger partial charge in [-0.1, -0.05) is 26.2 Å². The standard InChI is InChI=1S/C13H26N2O/c1-13(8-4-2-5-9-13)11-15-12(16)7-3-6-10-14/h2-11,14H2,1H3,(H,15,16). The lowest BCUT2D eigenvalue weighted by molar-refractivity contribution is -0.121. The number of carbonyl (C=O) groups excluding carboxylic acids is 1. The molecule has 0 aliphatic heterocycles. The van der Waals surface area contributed by atoms with Crippen molar-refractivity contribution in [2.45, 2.75) is 58.3 Å². The average Bonchev–Trinajstić information content (AvgIpc) is 2.28. The van der Waals surface area contributed by atoms with Crippen molar-refractivity contribution in [2.75, 3.05) is 13.1 Å². The monoisotopic (exact) mass is 226 g/mol. The first-order valence-electron chi connectivity index (χ1n) is 6.63. The summed E-state index contributed by atoms with van der Waals surface area (Å²) >= 11 is 0. The molecule has 1 saturated carbocycles. The predicted octanol–water partition coefficient (Wildman–Crippen LogP) is 2.20. The normalized spacial score (nSPS) is 19.4. The molecule has 1 fully saturated rings. The van der Waals surface area contributed by atoms with E-state index in [-0.39, 0.29) is 5.91 Å². The number of hydrogen-bond acceptors (Lipinski definition) is 2. The Morgan fingerprint density at radius 3 is 2.56 bits per heavy atom. The summed E-state index contributed by atoms with van der Waals surface area (Å²) in [5.41, 5.74) is 5.74. The molecule has 1 amide bonds. The molecule has 1 aliphatic rings. The van der Waals surface area contributed by atoms with Crippen molar-refractivity contribution in [3.63, 3.8) is 0 Å². The van der Waals surface area contributed by atoms with Crippen LogP contribution in [0.25, 0.3) is 0 Å². The fourth-order valence-electron chi connectivity index (χ4n) is 2.41. The number of nitrogens with one attached hydrogen (secondary N) is 1. The third kappa shape index (κ3) is 4.97. The quantitative estimate of drug-likeness (QED) is 0.682. The van der Waals surface area contributed by atoms with Crippen LogP contribution in [0.15, 0.2) is 0 Å². The first-order valence-corrected chi connectivity index (χ1v) is 6.63. The Morgan fingerprint density at radius 2 is 1.94 bits per heavy atom. The number of amides is 1. The molecule has 0 unspecified atom stereocenters. The summed E-state index contributed by atoms with van der Waals surface area (Å²) in [6.45, 7) is 3.84. The highest BCUT2D eigenvalue weighted by Gasteiger charge is 2.26. The van der Waals surface area contributed by atoms with Crippen LogP contribution in [0.5, 0.6) is 0 Å². The molecule has 0 atom stereocenters. The van der Waals surface area contributed by atoms with Crippen LogP contribution in [-0.2, 0) is 4.79 Å². The molecule has 94 valence electrons. The van der Waals surface area contributed by atoms with E-state index in [0.717, 1.165) is 19.4 Å². The molecule has 0 saturated heterocycles. The van der Waals surface area contributed by atoms with Crippen LogP contribution >= 0.6 is 0 Å². The van der Waals surface area contributed by atoms with E-state index in [2.05, 4.69) is 12.2 Å². The van der Waals surface area contributed by atoms with Gasteiger partial charge in [0.25, 0.3) is 0 Å². The van der Waals surface area contributed by atoms with Crippen LogP contribution in [0.2, 0.25) is 0 Å². The lowest BCUT2D eigenvalue weighted by Crippen LogP contribution is -2.36. The molecule has 1 aliphatic carbocycles. The van der Waals surface area contributed by atoms with E-state index in [0.29, 0.717) is 18.4 Å². The van der Waals surface area contributed by atoms with Gasteiger partial charge in [-0.05, 0) is 37.6 Å². The Kier molecular flexibility index (Phi) is 5.81. The minimum atomic E-state index is 0.195. The zero-order valence-corrected chi connectivity index (χ0v) is 10.6. The second kappa shape index (κ2) is 6.89. The van der Waals surface area contributed by atoms with Gasteiger partial charge in [-0.15, -0.1) is 0 Å². The zero-order chi connectivity index (χ0) is 11.9. The molecule has 3 N–H and O–H groups in total. The van der Waals surface area contributed by atoms with Crippen molar-refractivity contribution >= 4 is 5.91 Å². The molecule has 0 radical (unpaired) electrons. The van der Waals surface area contributed by atoms with Crippen molar-refractivity contribution in [3.05, 3.63) is 0 Å². The molecule has 16 heavy (non-hydrogen) atoms. The van der Waals surface area contributed by atoms with Gasteiger partial charge in [0.05, 0.1) is 0 Å². The summed E-state index contributed by atoms with van der Waals surface area (Å²) in [5.74, 6) is 0.195.